The summed E-state index contributed by atoms with van der Waals surface area (Å²) in [5, 5.41) is 4.07. The van der Waals surface area contributed by atoms with Crippen LogP contribution in [-0.4, -0.2) is 20.5 Å². The van der Waals surface area contributed by atoms with Crippen molar-refractivity contribution in [2.24, 2.45) is 7.05 Å². The number of hydrogen-bond donors (Lipinski definition) is 0. The van der Waals surface area contributed by atoms with Crippen molar-refractivity contribution in [3.05, 3.63) is 46.0 Å². The van der Waals surface area contributed by atoms with Gasteiger partial charge in [0.1, 0.15) is 0 Å². The molecule has 4 nitrogen and oxygen atoms in total. The number of hydrogen-bond acceptors (Lipinski definition) is 3. The number of rotatable bonds is 3. The Morgan fingerprint density at radius 1 is 1.41 bits per heavy atom. The Morgan fingerprint density at radius 3 is 2.76 bits per heavy atom. The van der Waals surface area contributed by atoms with Crippen LogP contribution in [0.4, 0.5) is 0 Å². The van der Waals surface area contributed by atoms with E-state index in [4.69, 9.17) is 0 Å². The van der Waals surface area contributed by atoms with Gasteiger partial charge >= 0.3 is 0 Å². The average molecular weight is 294 g/mol. The van der Waals surface area contributed by atoms with E-state index in [0.29, 0.717) is 12.0 Å². The lowest BCUT2D eigenvalue weighted by molar-refractivity contribution is 0.0992. The highest BCUT2D eigenvalue weighted by Gasteiger charge is 2.13. The van der Waals surface area contributed by atoms with Crippen molar-refractivity contribution in [2.75, 3.05) is 0 Å². The number of carbonyl (C=O) groups excluding carboxylic acids is 1. The van der Waals surface area contributed by atoms with Gasteiger partial charge in [-0.2, -0.15) is 5.10 Å². The number of aryl methyl sites for hydroxylation is 1. The summed E-state index contributed by atoms with van der Waals surface area (Å²) < 4.78 is 2.58. The first-order valence-electron chi connectivity index (χ1n) is 5.19. The van der Waals surface area contributed by atoms with Crippen LogP contribution in [0, 0.1) is 6.92 Å². The second kappa shape index (κ2) is 4.79. The van der Waals surface area contributed by atoms with Crippen LogP contribution in [0.1, 0.15) is 21.6 Å². The molecular formula is C12H12BrN3O. The lowest BCUT2D eigenvalue weighted by atomic mass is 10.1. The minimum Gasteiger partial charge on any atom is -0.294 e. The van der Waals surface area contributed by atoms with Crippen LogP contribution in [0.2, 0.25) is 0 Å². The van der Waals surface area contributed by atoms with Gasteiger partial charge in [-0.1, -0.05) is 0 Å². The van der Waals surface area contributed by atoms with E-state index in [-0.39, 0.29) is 5.78 Å². The molecule has 0 aromatic carbocycles. The van der Waals surface area contributed by atoms with Crippen molar-refractivity contribution < 1.29 is 4.79 Å². The summed E-state index contributed by atoms with van der Waals surface area (Å²) in [6.45, 7) is 1.89. The summed E-state index contributed by atoms with van der Waals surface area (Å²) in [4.78, 5) is 16.1. The molecule has 0 radical (unpaired) electrons. The normalized spacial score (nSPS) is 10.5. The summed E-state index contributed by atoms with van der Waals surface area (Å²) in [6.07, 6.45) is 5.36. The van der Waals surface area contributed by atoms with Crippen molar-refractivity contribution in [2.45, 2.75) is 13.3 Å². The minimum atomic E-state index is 0.0653. The fourth-order valence-corrected chi connectivity index (χ4v) is 2.02. The number of Topliss-reactive ketones (excluding diaryl/α,β-unsaturated/α-hetero) is 1. The molecule has 0 saturated heterocycles. The molecule has 0 bridgehead atoms. The monoisotopic (exact) mass is 293 g/mol. The Morgan fingerprint density at radius 2 is 2.18 bits per heavy atom. The van der Waals surface area contributed by atoms with E-state index in [9.17, 15) is 4.79 Å². The first kappa shape index (κ1) is 12.0. The van der Waals surface area contributed by atoms with Crippen LogP contribution in [0.15, 0.2) is 29.1 Å². The first-order valence-corrected chi connectivity index (χ1v) is 5.98. The van der Waals surface area contributed by atoms with E-state index >= 15 is 0 Å². The molecule has 0 saturated carbocycles. The van der Waals surface area contributed by atoms with Crippen molar-refractivity contribution >= 4 is 21.7 Å². The fourth-order valence-electron chi connectivity index (χ4n) is 1.61. The molecule has 0 amide bonds. The highest BCUT2D eigenvalue weighted by molar-refractivity contribution is 9.10. The van der Waals surface area contributed by atoms with Crippen LogP contribution in [0.5, 0.6) is 0 Å². The Balaban J connectivity index is 2.20. The number of halogens is 1. The van der Waals surface area contributed by atoms with Crippen LogP contribution in [0.25, 0.3) is 0 Å². The van der Waals surface area contributed by atoms with Gasteiger partial charge in [0.15, 0.2) is 5.78 Å². The molecule has 2 aromatic rings. The maximum atomic E-state index is 12.1. The van der Waals surface area contributed by atoms with Gasteiger partial charge in [-0.15, -0.1) is 0 Å². The number of ketones is 1. The maximum Gasteiger partial charge on any atom is 0.170 e. The molecule has 0 aliphatic rings. The molecule has 0 aliphatic carbocycles. The molecule has 2 aromatic heterocycles. The average Bonchev–Trinajstić information content (AvgIpc) is 2.60. The number of carbonyl (C=O) groups is 1. The van der Waals surface area contributed by atoms with Gasteiger partial charge in [0.05, 0.1) is 11.8 Å². The van der Waals surface area contributed by atoms with Crippen LogP contribution in [-0.2, 0) is 13.5 Å². The summed E-state index contributed by atoms with van der Waals surface area (Å²) >= 11 is 3.34. The zero-order valence-electron chi connectivity index (χ0n) is 9.64. The molecule has 88 valence electrons. The highest BCUT2D eigenvalue weighted by atomic mass is 79.9. The molecule has 0 unspecified atom stereocenters. The lowest BCUT2D eigenvalue weighted by Gasteiger charge is -2.01. The van der Waals surface area contributed by atoms with Gasteiger partial charge in [-0.3, -0.25) is 14.5 Å². The van der Waals surface area contributed by atoms with Crippen molar-refractivity contribution in [1.82, 2.24) is 14.8 Å². The Bertz CT molecular complexity index is 563. The van der Waals surface area contributed by atoms with Crippen molar-refractivity contribution in [3.63, 3.8) is 0 Å². The second-order valence-corrected chi connectivity index (χ2v) is 4.79. The number of pyridine rings is 1. The predicted molar refractivity (Wildman–Crippen MR) is 67.9 cm³/mol. The standard InChI is InChI=1S/C12H12BrN3O/c1-8-11(7-15-16(8)2)12(17)4-9-3-10(13)6-14-5-9/h3,5-7H,4H2,1-2H3. The van der Waals surface area contributed by atoms with Crippen molar-refractivity contribution in [3.8, 4) is 0 Å². The molecule has 0 N–H and O–H groups in total. The Labute approximate surface area is 108 Å². The Kier molecular flexibility index (Phi) is 3.38. The van der Waals surface area contributed by atoms with Gasteiger partial charge in [0.2, 0.25) is 0 Å². The van der Waals surface area contributed by atoms with E-state index in [1.807, 2.05) is 20.0 Å². The second-order valence-electron chi connectivity index (χ2n) is 3.88. The van der Waals surface area contributed by atoms with Crippen molar-refractivity contribution in [1.29, 1.82) is 0 Å². The van der Waals surface area contributed by atoms with Crippen LogP contribution in [0.3, 0.4) is 0 Å². The Hall–Kier alpha value is -1.49. The van der Waals surface area contributed by atoms with Gasteiger partial charge in [0, 0.05) is 36.0 Å². The maximum absolute atomic E-state index is 12.1. The van der Waals surface area contributed by atoms with E-state index in [1.54, 1.807) is 23.3 Å². The number of aromatic nitrogens is 3. The third-order valence-corrected chi connectivity index (χ3v) is 3.10. The molecule has 2 rings (SSSR count). The zero-order chi connectivity index (χ0) is 12.4. The van der Waals surface area contributed by atoms with E-state index in [1.165, 1.54) is 0 Å². The zero-order valence-corrected chi connectivity index (χ0v) is 11.2. The van der Waals surface area contributed by atoms with E-state index < -0.39 is 0 Å². The quantitative estimate of drug-likeness (QED) is 0.816. The smallest absolute Gasteiger partial charge is 0.170 e. The minimum absolute atomic E-state index is 0.0653. The predicted octanol–water partition coefficient (Wildman–Crippen LogP) is 2.31. The third kappa shape index (κ3) is 2.61. The summed E-state index contributed by atoms with van der Waals surface area (Å²) in [6, 6.07) is 1.90. The van der Waals surface area contributed by atoms with Crippen LogP contribution >= 0.6 is 15.9 Å². The van der Waals surface area contributed by atoms with Crippen LogP contribution < -0.4 is 0 Å². The number of nitrogens with zero attached hydrogens (tertiary/aromatic N) is 3. The molecule has 0 atom stereocenters. The molecule has 5 heteroatoms. The van der Waals surface area contributed by atoms with Gasteiger partial charge < -0.3 is 0 Å². The molecule has 17 heavy (non-hydrogen) atoms. The van der Waals surface area contributed by atoms with E-state index in [2.05, 4.69) is 26.0 Å². The lowest BCUT2D eigenvalue weighted by Crippen LogP contribution is -2.05. The molecule has 2 heterocycles. The molecule has 0 spiro atoms. The largest absolute Gasteiger partial charge is 0.294 e. The summed E-state index contributed by atoms with van der Waals surface area (Å²) in [5.41, 5.74) is 2.46. The highest BCUT2D eigenvalue weighted by Crippen LogP contribution is 2.14. The SMILES string of the molecule is Cc1c(C(=O)Cc2cncc(Br)c2)cnn1C. The first-order chi connectivity index (χ1) is 8.08. The molecule has 0 aliphatic heterocycles. The van der Waals surface area contributed by atoms with E-state index in [0.717, 1.165) is 15.7 Å². The summed E-state index contributed by atoms with van der Waals surface area (Å²) in [7, 11) is 1.83. The summed E-state index contributed by atoms with van der Waals surface area (Å²) in [5.74, 6) is 0.0653. The molecule has 0 fully saturated rings. The fraction of sp³-hybridized carbons (Fsp3) is 0.250. The van der Waals surface area contributed by atoms with Gasteiger partial charge in [-0.05, 0) is 34.5 Å². The molecular weight excluding hydrogens is 282 g/mol. The third-order valence-electron chi connectivity index (χ3n) is 2.66. The van der Waals surface area contributed by atoms with Gasteiger partial charge in [0.25, 0.3) is 0 Å². The topological polar surface area (TPSA) is 47.8 Å². The van der Waals surface area contributed by atoms with Gasteiger partial charge in [-0.25, -0.2) is 0 Å².